The molecule has 14 heteroatoms. The fraction of sp³-hybridized carbons (Fsp3) is 0.250. The van der Waals surface area contributed by atoms with Crippen molar-refractivity contribution in [1.29, 1.82) is 0 Å². The number of nitrogens with two attached hydrogens (primary N) is 2. The number of H-pyrrole nitrogens is 1. The lowest BCUT2D eigenvalue weighted by Crippen LogP contribution is -2.41. The molecule has 1 amide bonds. The van der Waals surface area contributed by atoms with Crippen LogP contribution in [0.25, 0.3) is 11.1 Å². The fourth-order valence-corrected chi connectivity index (χ4v) is 4.47. The second-order valence-electron chi connectivity index (χ2n) is 9.53. The van der Waals surface area contributed by atoms with Crippen LogP contribution in [0, 0.1) is 0 Å². The predicted molar refractivity (Wildman–Crippen MR) is 150 cm³/mol. The van der Waals surface area contributed by atoms with Crippen LogP contribution in [-0.2, 0) is 16.0 Å². The van der Waals surface area contributed by atoms with Gasteiger partial charge in [0.2, 0.25) is 11.7 Å². The molecule has 0 spiro atoms. The van der Waals surface area contributed by atoms with E-state index in [1.54, 1.807) is 36.4 Å². The Morgan fingerprint density at radius 1 is 0.976 bits per heavy atom. The Morgan fingerprint density at radius 2 is 1.69 bits per heavy atom. The highest BCUT2D eigenvalue weighted by molar-refractivity contribution is 6.00. The second-order valence-corrected chi connectivity index (χ2v) is 9.53. The minimum absolute atomic E-state index is 0.00328. The summed E-state index contributed by atoms with van der Waals surface area (Å²) in [5.41, 5.74) is 12.7. The average molecular weight is 577 g/mol. The highest BCUT2D eigenvalue weighted by Crippen LogP contribution is 2.28. The number of anilines is 2. The van der Waals surface area contributed by atoms with Crippen molar-refractivity contribution in [2.24, 2.45) is 0 Å². The number of amides is 1. The standard InChI is InChI=1S/C28H28N6O8/c29-23-17(25(39)34-28(30)33-23)5-3-4-16(22(37)26-32-18-6-1-2-7-20(18)42-26)14-8-10-15(11-9-14)24(38)31-19(27(40)41)12-13-21(35)36/h1-2,6-11,16,19H,3-5,12-13H2,(H,31,38)(H,35,36)(H,40,41)(H5,29,30,33,34,39)/t16?,19-/m0/s1. The van der Waals surface area contributed by atoms with E-state index in [1.807, 2.05) is 0 Å². The highest BCUT2D eigenvalue weighted by Gasteiger charge is 2.27. The summed E-state index contributed by atoms with van der Waals surface area (Å²) < 4.78 is 5.70. The zero-order valence-electron chi connectivity index (χ0n) is 22.2. The van der Waals surface area contributed by atoms with E-state index < -0.39 is 47.6 Å². The first-order chi connectivity index (χ1) is 20.0. The maximum absolute atomic E-state index is 13.6. The van der Waals surface area contributed by atoms with Gasteiger partial charge in [-0.1, -0.05) is 24.3 Å². The molecule has 2 heterocycles. The quantitative estimate of drug-likeness (QED) is 0.125. The van der Waals surface area contributed by atoms with Crippen molar-refractivity contribution >= 4 is 46.5 Å². The zero-order valence-corrected chi connectivity index (χ0v) is 22.2. The van der Waals surface area contributed by atoms with E-state index in [1.165, 1.54) is 12.1 Å². The van der Waals surface area contributed by atoms with Crippen molar-refractivity contribution in [3.63, 3.8) is 0 Å². The molecule has 0 aliphatic rings. The van der Waals surface area contributed by atoms with Gasteiger partial charge < -0.3 is 31.4 Å². The number of carboxylic acid groups (broad SMARTS) is 2. The molecule has 1 unspecified atom stereocenters. The van der Waals surface area contributed by atoms with E-state index in [-0.39, 0.29) is 48.0 Å². The number of hydrogen-bond acceptors (Lipinski definition) is 10. The van der Waals surface area contributed by atoms with Crippen molar-refractivity contribution in [3.05, 3.63) is 81.5 Å². The number of carbonyl (C=O) groups is 4. The number of nitrogen functional groups attached to an aromatic ring is 2. The van der Waals surface area contributed by atoms with Crippen molar-refractivity contribution in [3.8, 4) is 0 Å². The van der Waals surface area contributed by atoms with Gasteiger partial charge in [-0.25, -0.2) is 9.78 Å². The van der Waals surface area contributed by atoms with Gasteiger partial charge in [0.05, 0.1) is 11.5 Å². The van der Waals surface area contributed by atoms with Crippen molar-refractivity contribution in [2.45, 2.75) is 44.1 Å². The third-order valence-corrected chi connectivity index (χ3v) is 6.63. The summed E-state index contributed by atoms with van der Waals surface area (Å²) in [6.07, 6.45) is 0.0929. The number of benzene rings is 2. The first-order valence-electron chi connectivity index (χ1n) is 12.9. The molecule has 0 saturated carbocycles. The molecule has 4 rings (SSSR count). The molecule has 0 saturated heterocycles. The number of aromatic amines is 1. The lowest BCUT2D eigenvalue weighted by molar-refractivity contribution is -0.140. The van der Waals surface area contributed by atoms with Crippen LogP contribution in [0.4, 0.5) is 11.8 Å². The number of nitrogens with one attached hydrogen (secondary N) is 2. The number of carbonyl (C=O) groups excluding carboxylic acids is 2. The summed E-state index contributed by atoms with van der Waals surface area (Å²) in [5, 5.41) is 20.5. The van der Waals surface area contributed by atoms with Gasteiger partial charge in [0, 0.05) is 12.0 Å². The number of nitrogens with zero attached hydrogens (tertiary/aromatic N) is 2. The maximum atomic E-state index is 13.6. The van der Waals surface area contributed by atoms with Crippen LogP contribution in [0.3, 0.4) is 0 Å². The molecule has 0 fully saturated rings. The van der Waals surface area contributed by atoms with Gasteiger partial charge in [0.25, 0.3) is 17.4 Å². The topological polar surface area (TPSA) is 245 Å². The predicted octanol–water partition coefficient (Wildman–Crippen LogP) is 2.11. The number of Topliss-reactive ketones (excluding diaryl/α,β-unsaturated/α-hetero) is 1. The molecule has 2 aromatic heterocycles. The molecule has 2 aromatic carbocycles. The number of ketones is 1. The van der Waals surface area contributed by atoms with Gasteiger partial charge in [-0.05, 0) is 55.5 Å². The Hall–Kier alpha value is -5.53. The zero-order chi connectivity index (χ0) is 30.4. The van der Waals surface area contributed by atoms with E-state index in [0.29, 0.717) is 23.1 Å². The van der Waals surface area contributed by atoms with Crippen LogP contribution >= 0.6 is 0 Å². The molecule has 0 bridgehead atoms. The van der Waals surface area contributed by atoms with Gasteiger partial charge in [0.1, 0.15) is 17.4 Å². The molecule has 8 N–H and O–H groups in total. The molecule has 4 aromatic rings. The normalized spacial score (nSPS) is 12.5. The molecular weight excluding hydrogens is 548 g/mol. The summed E-state index contributed by atoms with van der Waals surface area (Å²) >= 11 is 0. The van der Waals surface area contributed by atoms with Gasteiger partial charge in [0.15, 0.2) is 5.58 Å². The van der Waals surface area contributed by atoms with E-state index in [0.717, 1.165) is 0 Å². The third-order valence-electron chi connectivity index (χ3n) is 6.63. The van der Waals surface area contributed by atoms with Gasteiger partial charge in [-0.15, -0.1) is 0 Å². The number of hydrogen-bond donors (Lipinski definition) is 6. The number of para-hydroxylation sites is 2. The molecule has 0 aliphatic carbocycles. The van der Waals surface area contributed by atoms with Crippen LogP contribution in [0.2, 0.25) is 0 Å². The molecule has 2 atom stereocenters. The van der Waals surface area contributed by atoms with Crippen LogP contribution < -0.4 is 22.3 Å². The van der Waals surface area contributed by atoms with Crippen molar-refractivity contribution in [1.82, 2.24) is 20.3 Å². The van der Waals surface area contributed by atoms with E-state index in [4.69, 9.17) is 21.0 Å². The number of oxazole rings is 1. The first-order valence-corrected chi connectivity index (χ1v) is 12.9. The lowest BCUT2D eigenvalue weighted by Gasteiger charge is -2.16. The molecule has 14 nitrogen and oxygen atoms in total. The fourth-order valence-electron chi connectivity index (χ4n) is 4.47. The average Bonchev–Trinajstić information content (AvgIpc) is 3.38. The Labute approximate surface area is 237 Å². The largest absolute Gasteiger partial charge is 0.481 e. The molecule has 0 radical (unpaired) electrons. The van der Waals surface area contributed by atoms with Crippen LogP contribution in [0.1, 0.15) is 63.8 Å². The summed E-state index contributed by atoms with van der Waals surface area (Å²) in [6, 6.07) is 11.5. The number of aromatic nitrogens is 3. The van der Waals surface area contributed by atoms with Gasteiger partial charge in [-0.2, -0.15) is 4.98 Å². The molecule has 42 heavy (non-hydrogen) atoms. The molecule has 0 aliphatic heterocycles. The van der Waals surface area contributed by atoms with Gasteiger partial charge >= 0.3 is 11.9 Å². The summed E-state index contributed by atoms with van der Waals surface area (Å²) in [5.74, 6) is -4.67. The van der Waals surface area contributed by atoms with E-state index in [2.05, 4.69) is 20.3 Å². The minimum Gasteiger partial charge on any atom is -0.481 e. The first kappa shape index (κ1) is 29.5. The smallest absolute Gasteiger partial charge is 0.326 e. The van der Waals surface area contributed by atoms with E-state index in [9.17, 15) is 29.1 Å². The lowest BCUT2D eigenvalue weighted by atomic mass is 9.88. The van der Waals surface area contributed by atoms with Crippen LogP contribution in [0.5, 0.6) is 0 Å². The molecule has 218 valence electrons. The summed E-state index contributed by atoms with van der Waals surface area (Å²) in [7, 11) is 0. The highest BCUT2D eigenvalue weighted by atomic mass is 16.4. The number of carboxylic acids is 2. The van der Waals surface area contributed by atoms with E-state index >= 15 is 0 Å². The monoisotopic (exact) mass is 576 g/mol. The SMILES string of the molecule is Nc1nc(N)c(CCCC(C(=O)c2nc3ccccc3o2)c2ccc(C(=O)N[C@@H](CCC(=O)O)C(=O)O)cc2)c(=O)[nH]1. The maximum Gasteiger partial charge on any atom is 0.326 e. The second kappa shape index (κ2) is 12.8. The Balaban J connectivity index is 1.56. The minimum atomic E-state index is -1.39. The van der Waals surface area contributed by atoms with Crippen molar-refractivity contribution < 1.29 is 33.8 Å². The molecular formula is C28H28N6O8. The Kier molecular flexibility index (Phi) is 8.95. The summed E-state index contributed by atoms with van der Waals surface area (Å²) in [6.45, 7) is 0. The third kappa shape index (κ3) is 6.96. The number of aliphatic carboxylic acids is 2. The number of rotatable bonds is 13. The van der Waals surface area contributed by atoms with Crippen LogP contribution in [0.15, 0.2) is 57.7 Å². The number of fused-ring (bicyclic) bond motifs is 1. The Bertz CT molecular complexity index is 1660. The Morgan fingerprint density at radius 3 is 2.33 bits per heavy atom. The van der Waals surface area contributed by atoms with Crippen molar-refractivity contribution in [2.75, 3.05) is 11.5 Å². The summed E-state index contributed by atoms with van der Waals surface area (Å²) in [4.78, 5) is 71.5. The van der Waals surface area contributed by atoms with Gasteiger partial charge in [-0.3, -0.25) is 24.2 Å². The van der Waals surface area contributed by atoms with Crippen LogP contribution in [-0.4, -0.2) is 54.8 Å².